The normalized spacial score (nSPS) is 15.1. The number of rotatable bonds is 1. The Morgan fingerprint density at radius 2 is 2.56 bits per heavy atom. The number of nitrogens with one attached hydrogen (secondary N) is 1. The Morgan fingerprint density at radius 3 is 2.78 bits per heavy atom. The number of carbonyl (C=O) groups is 1. The van der Waals surface area contributed by atoms with E-state index in [2.05, 4.69) is 16.6 Å². The third-order valence-corrected chi connectivity index (χ3v) is 0.786. The van der Waals surface area contributed by atoms with E-state index in [1.54, 1.807) is 0 Å². The first kappa shape index (κ1) is 5.53. The van der Waals surface area contributed by atoms with Gasteiger partial charge in [-0.05, 0) is 4.99 Å². The van der Waals surface area contributed by atoms with Gasteiger partial charge in [0, 0.05) is 0 Å². The van der Waals surface area contributed by atoms with Gasteiger partial charge < -0.3 is 10.8 Å². The van der Waals surface area contributed by atoms with Gasteiger partial charge in [0.05, 0.1) is 0 Å². The summed E-state index contributed by atoms with van der Waals surface area (Å²) in [7, 11) is 0. The fraction of sp³-hybridized carbons (Fsp3) is 0. The Hall–Kier alpha value is -1.61. The highest BCUT2D eigenvalue weighted by Crippen LogP contribution is 1.99. The molecule has 0 aromatic rings. The minimum atomic E-state index is -0.836. The smallest absolute Gasteiger partial charge is 0.339 e. The van der Waals surface area contributed by atoms with Crippen molar-refractivity contribution >= 4 is 12.2 Å². The van der Waals surface area contributed by atoms with Crippen molar-refractivity contribution in [2.45, 2.75) is 0 Å². The van der Waals surface area contributed by atoms with E-state index >= 15 is 0 Å². The number of primary amides is 1. The zero-order valence-corrected chi connectivity index (χ0v) is 4.34. The van der Waals surface area contributed by atoms with Gasteiger partial charge in [0.15, 0.2) is 5.88 Å². The van der Waals surface area contributed by atoms with Gasteiger partial charge in [-0.25, -0.2) is 4.79 Å². The SMILES string of the molecule is NC(=O)C1=C([O-])N[C+]=N1. The predicted octanol–water partition coefficient (Wildman–Crippen LogP) is -2.49. The molecule has 5 nitrogen and oxygen atoms in total. The average molecular weight is 125 g/mol. The summed E-state index contributed by atoms with van der Waals surface area (Å²) in [5.74, 6) is -1.43. The van der Waals surface area contributed by atoms with Gasteiger partial charge in [0.1, 0.15) is 0 Å². The summed E-state index contributed by atoms with van der Waals surface area (Å²) in [6, 6.07) is 0. The summed E-state index contributed by atoms with van der Waals surface area (Å²) in [6.45, 7) is 0. The second-order valence-electron chi connectivity index (χ2n) is 1.39. The van der Waals surface area contributed by atoms with Crippen molar-refractivity contribution in [2.75, 3.05) is 0 Å². The minimum Gasteiger partial charge on any atom is -0.789 e. The van der Waals surface area contributed by atoms with E-state index in [1.165, 1.54) is 0 Å². The highest BCUT2D eigenvalue weighted by atomic mass is 16.3. The monoisotopic (exact) mass is 125 g/mol. The van der Waals surface area contributed by atoms with Gasteiger partial charge in [0.2, 0.25) is 0 Å². The van der Waals surface area contributed by atoms with Crippen LogP contribution in [0.3, 0.4) is 0 Å². The standard InChI is InChI=1S/C4H3N3O2/c5-3(8)2-4(9)7-1-6-2/h(H3-,5,6,7,8,9). The van der Waals surface area contributed by atoms with E-state index in [4.69, 9.17) is 5.73 Å². The first-order chi connectivity index (χ1) is 4.22. The number of amides is 1. The molecule has 0 aromatic heterocycles. The molecule has 5 heteroatoms. The number of nitrogens with zero attached hydrogens (tertiary/aromatic N) is 1. The predicted molar refractivity (Wildman–Crippen MR) is 26.8 cm³/mol. The maximum absolute atomic E-state index is 10.4. The van der Waals surface area contributed by atoms with E-state index in [1.807, 2.05) is 0 Å². The maximum atomic E-state index is 10.4. The molecule has 1 aliphatic rings. The summed E-state index contributed by atoms with van der Waals surface area (Å²) >= 11 is 0. The lowest BCUT2D eigenvalue weighted by Crippen LogP contribution is -2.23. The molecule has 0 aliphatic carbocycles. The molecule has 46 valence electrons. The number of hydrogen-bond acceptors (Lipinski definition) is 4. The lowest BCUT2D eigenvalue weighted by molar-refractivity contribution is -0.309. The van der Waals surface area contributed by atoms with Gasteiger partial charge in [-0.1, -0.05) is 0 Å². The Labute approximate surface area is 50.9 Å². The highest BCUT2D eigenvalue weighted by Gasteiger charge is 2.20. The summed E-state index contributed by atoms with van der Waals surface area (Å²) in [5, 5.41) is 12.5. The molecule has 1 amide bonds. The van der Waals surface area contributed by atoms with Crippen LogP contribution in [0.15, 0.2) is 16.6 Å². The fourth-order valence-corrected chi connectivity index (χ4v) is 0.412. The molecular weight excluding hydrogens is 122 g/mol. The summed E-state index contributed by atoms with van der Waals surface area (Å²) < 4.78 is 0. The van der Waals surface area contributed by atoms with Crippen molar-refractivity contribution in [1.29, 1.82) is 0 Å². The van der Waals surface area contributed by atoms with E-state index in [0.717, 1.165) is 0 Å². The van der Waals surface area contributed by atoms with Gasteiger partial charge in [-0.3, -0.25) is 0 Å². The Morgan fingerprint density at radius 1 is 1.89 bits per heavy atom. The number of hydrogen-bond donors (Lipinski definition) is 2. The van der Waals surface area contributed by atoms with Gasteiger partial charge >= 0.3 is 11.6 Å². The molecule has 1 rings (SSSR count). The Balaban J connectivity index is 2.89. The molecule has 0 spiro atoms. The van der Waals surface area contributed by atoms with Crippen LogP contribution in [-0.2, 0) is 4.79 Å². The molecule has 0 unspecified atom stereocenters. The Bertz CT molecular complexity index is 206. The number of carbonyl (C=O) groups excluding carboxylic acids is 1. The molecule has 3 N–H and O–H groups in total. The molecule has 0 bridgehead atoms. The molecule has 0 saturated heterocycles. The van der Waals surface area contributed by atoms with Crippen LogP contribution in [0.1, 0.15) is 0 Å². The molecular formula is C4H3N3O2. The van der Waals surface area contributed by atoms with E-state index < -0.39 is 11.8 Å². The summed E-state index contributed by atoms with van der Waals surface area (Å²) in [5.41, 5.74) is 4.42. The van der Waals surface area contributed by atoms with Gasteiger partial charge in [-0.15, -0.1) is 0 Å². The lowest BCUT2D eigenvalue weighted by atomic mass is 10.4. The van der Waals surface area contributed by atoms with Crippen LogP contribution in [0.25, 0.3) is 0 Å². The van der Waals surface area contributed by atoms with Crippen molar-refractivity contribution in [3.05, 3.63) is 11.6 Å². The van der Waals surface area contributed by atoms with E-state index in [0.29, 0.717) is 0 Å². The second kappa shape index (κ2) is 1.72. The Kier molecular flexibility index (Phi) is 1.06. The molecule has 1 aliphatic heterocycles. The van der Waals surface area contributed by atoms with Crippen LogP contribution in [-0.4, -0.2) is 12.2 Å². The van der Waals surface area contributed by atoms with Crippen LogP contribution in [0.5, 0.6) is 0 Å². The highest BCUT2D eigenvalue weighted by molar-refractivity contribution is 5.95. The fourth-order valence-electron chi connectivity index (χ4n) is 0.412. The summed E-state index contributed by atoms with van der Waals surface area (Å²) in [6.07, 6.45) is 2.09. The molecule has 9 heavy (non-hydrogen) atoms. The van der Waals surface area contributed by atoms with E-state index in [9.17, 15) is 9.90 Å². The lowest BCUT2D eigenvalue weighted by Gasteiger charge is -1.91. The van der Waals surface area contributed by atoms with Crippen LogP contribution in [0, 0.1) is 0 Å². The number of nitrogens with two attached hydrogens (primary N) is 1. The summed E-state index contributed by atoms with van der Waals surface area (Å²) in [4.78, 5) is 13.5. The van der Waals surface area contributed by atoms with Crippen molar-refractivity contribution < 1.29 is 9.90 Å². The van der Waals surface area contributed by atoms with Gasteiger partial charge in [-0.2, -0.15) is 5.32 Å². The zero-order chi connectivity index (χ0) is 6.85. The minimum absolute atomic E-state index is 0.296. The topological polar surface area (TPSA) is 90.5 Å². The van der Waals surface area contributed by atoms with Crippen LogP contribution in [0.2, 0.25) is 0 Å². The van der Waals surface area contributed by atoms with Crippen LogP contribution < -0.4 is 16.2 Å². The molecule has 0 aromatic carbocycles. The van der Waals surface area contributed by atoms with E-state index in [-0.39, 0.29) is 5.70 Å². The van der Waals surface area contributed by atoms with Crippen molar-refractivity contribution in [3.8, 4) is 0 Å². The van der Waals surface area contributed by atoms with Gasteiger partial charge in [0.25, 0.3) is 6.34 Å². The largest absolute Gasteiger partial charge is 0.789 e. The van der Waals surface area contributed by atoms with Crippen LogP contribution >= 0.6 is 0 Å². The average Bonchev–Trinajstić information content (AvgIpc) is 2.13. The second-order valence-corrected chi connectivity index (χ2v) is 1.39. The van der Waals surface area contributed by atoms with Crippen LogP contribution in [0.4, 0.5) is 0 Å². The first-order valence-corrected chi connectivity index (χ1v) is 2.14. The quantitative estimate of drug-likeness (QED) is 0.380. The molecule has 0 atom stereocenters. The van der Waals surface area contributed by atoms with Crippen molar-refractivity contribution in [2.24, 2.45) is 10.7 Å². The van der Waals surface area contributed by atoms with Crippen molar-refractivity contribution in [1.82, 2.24) is 5.32 Å². The first-order valence-electron chi connectivity index (χ1n) is 2.14. The number of aliphatic imine (C=N–C) groups is 1. The molecule has 0 saturated carbocycles. The zero-order valence-electron chi connectivity index (χ0n) is 4.34. The third kappa shape index (κ3) is 0.802. The molecule has 0 radical (unpaired) electrons. The maximum Gasteiger partial charge on any atom is 0.339 e. The molecule has 0 fully saturated rings. The molecule has 1 heterocycles. The van der Waals surface area contributed by atoms with Crippen molar-refractivity contribution in [3.63, 3.8) is 0 Å². The third-order valence-electron chi connectivity index (χ3n) is 0.786.